The van der Waals surface area contributed by atoms with Gasteiger partial charge in [0.25, 0.3) is 5.91 Å². The Labute approximate surface area is 299 Å². The first-order valence-electron chi connectivity index (χ1n) is 16.4. The molecule has 1 aliphatic heterocycles. The van der Waals surface area contributed by atoms with Gasteiger partial charge in [0.1, 0.15) is 11.9 Å². The molecule has 0 unspecified atom stereocenters. The number of aryl methyl sites for hydroxylation is 1. The number of nitrogens with zero attached hydrogens (tertiary/aromatic N) is 10. The average Bonchev–Trinajstić information content (AvgIpc) is 3.58. The highest BCUT2D eigenvalue weighted by atomic mass is 16.5. The van der Waals surface area contributed by atoms with E-state index in [4.69, 9.17) is 10.00 Å². The third-order valence-corrected chi connectivity index (χ3v) is 8.40. The number of piperazine rings is 1. The molecule has 0 saturated carbocycles. The van der Waals surface area contributed by atoms with Crippen LogP contribution in [0.5, 0.6) is 5.88 Å². The van der Waals surface area contributed by atoms with Gasteiger partial charge in [-0.1, -0.05) is 24.3 Å². The highest BCUT2D eigenvalue weighted by molar-refractivity contribution is 5.94. The van der Waals surface area contributed by atoms with Gasteiger partial charge >= 0.3 is 5.97 Å². The second-order valence-corrected chi connectivity index (χ2v) is 12.0. The van der Waals surface area contributed by atoms with Crippen LogP contribution in [0.1, 0.15) is 33.0 Å². The number of carbonyl (C=O) groups is 2. The van der Waals surface area contributed by atoms with Gasteiger partial charge in [0.05, 0.1) is 25.3 Å². The van der Waals surface area contributed by atoms with Crippen LogP contribution in [0, 0.1) is 11.3 Å². The lowest BCUT2D eigenvalue weighted by Gasteiger charge is -2.34. The fourth-order valence-corrected chi connectivity index (χ4v) is 5.62. The van der Waals surface area contributed by atoms with Crippen molar-refractivity contribution in [1.82, 2.24) is 44.3 Å². The molecule has 266 valence electrons. The molecule has 1 fully saturated rings. The van der Waals surface area contributed by atoms with E-state index in [-0.39, 0.29) is 41.7 Å². The Morgan fingerprint density at radius 2 is 1.69 bits per heavy atom. The molecule has 1 atom stereocenters. The number of hydrogen-bond acceptors (Lipinski definition) is 15. The maximum absolute atomic E-state index is 12.9. The molecule has 4 heterocycles. The number of rotatable bonds is 13. The molecular formula is C35H37N13O4. The van der Waals surface area contributed by atoms with Crippen molar-refractivity contribution in [2.45, 2.75) is 25.6 Å². The molecule has 1 saturated heterocycles. The third kappa shape index (κ3) is 8.91. The van der Waals surface area contributed by atoms with E-state index < -0.39 is 12.0 Å². The number of esters is 1. The molecule has 4 N–H and O–H groups in total. The Morgan fingerprint density at radius 1 is 0.942 bits per heavy atom. The maximum atomic E-state index is 12.9. The Kier molecular flexibility index (Phi) is 11.1. The summed E-state index contributed by atoms with van der Waals surface area (Å²) in [6.45, 7) is 3.24. The average molecular weight is 704 g/mol. The summed E-state index contributed by atoms with van der Waals surface area (Å²) in [6, 6.07) is 16.1. The van der Waals surface area contributed by atoms with Gasteiger partial charge in [-0.05, 0) is 35.4 Å². The zero-order valence-electron chi connectivity index (χ0n) is 28.6. The van der Waals surface area contributed by atoms with Crippen molar-refractivity contribution >= 4 is 35.4 Å². The second-order valence-electron chi connectivity index (χ2n) is 12.0. The van der Waals surface area contributed by atoms with Crippen LogP contribution < -0.4 is 16.0 Å². The second kappa shape index (κ2) is 16.4. The summed E-state index contributed by atoms with van der Waals surface area (Å²) in [4.78, 5) is 55.4. The number of nitrogens with one attached hydrogen (secondary N) is 3. The van der Waals surface area contributed by atoms with E-state index in [1.54, 1.807) is 35.4 Å². The van der Waals surface area contributed by atoms with Gasteiger partial charge in [0.15, 0.2) is 5.69 Å². The van der Waals surface area contributed by atoms with E-state index in [0.29, 0.717) is 44.8 Å². The maximum Gasteiger partial charge on any atom is 0.328 e. The molecule has 1 amide bonds. The summed E-state index contributed by atoms with van der Waals surface area (Å²) in [7, 11) is 3.20. The molecule has 0 radical (unpaired) electrons. The molecule has 0 aliphatic carbocycles. The van der Waals surface area contributed by atoms with Crippen LogP contribution in [0.2, 0.25) is 0 Å². The first kappa shape index (κ1) is 35.2. The molecule has 0 spiro atoms. The summed E-state index contributed by atoms with van der Waals surface area (Å²) in [5.41, 5.74) is 3.05. The molecule has 52 heavy (non-hydrogen) atoms. The predicted molar refractivity (Wildman–Crippen MR) is 189 cm³/mol. The Balaban J connectivity index is 1.16. The molecule has 1 aliphatic rings. The van der Waals surface area contributed by atoms with Gasteiger partial charge in [-0.3, -0.25) is 9.69 Å². The fraction of sp³-hybridized carbons (Fsp3) is 0.286. The predicted octanol–water partition coefficient (Wildman–Crippen LogP) is 2.48. The SMILES string of the molecule is COC(=O)[C@H](Cc1ccc(C#N)cc1)Nc1nc(NCc2nccn2C)nc(Nc2cccc(CN3CCN(C(=O)c4nccnc4O)CC3)c2)n1. The number of aromatic hydroxyl groups is 1. The van der Waals surface area contributed by atoms with E-state index in [2.05, 4.69) is 56.8 Å². The lowest BCUT2D eigenvalue weighted by atomic mass is 10.0. The van der Waals surface area contributed by atoms with E-state index in [1.807, 2.05) is 42.1 Å². The number of ether oxygens (including phenoxy) is 1. The Hall–Kier alpha value is -6.67. The number of amides is 1. The summed E-state index contributed by atoms with van der Waals surface area (Å²) < 4.78 is 6.96. The van der Waals surface area contributed by atoms with Gasteiger partial charge in [-0.2, -0.15) is 20.2 Å². The van der Waals surface area contributed by atoms with Gasteiger partial charge < -0.3 is 35.3 Å². The quantitative estimate of drug-likeness (QED) is 0.130. The molecule has 3 aromatic heterocycles. The van der Waals surface area contributed by atoms with Crippen LogP contribution in [-0.4, -0.2) is 101 Å². The molecule has 17 nitrogen and oxygen atoms in total. The highest BCUT2D eigenvalue weighted by Crippen LogP contribution is 2.21. The number of nitriles is 1. The number of hydrogen-bond donors (Lipinski definition) is 4. The van der Waals surface area contributed by atoms with E-state index >= 15 is 0 Å². The lowest BCUT2D eigenvalue weighted by molar-refractivity contribution is -0.141. The summed E-state index contributed by atoms with van der Waals surface area (Å²) in [5.74, 6) is 0.171. The molecule has 6 rings (SSSR count). The summed E-state index contributed by atoms with van der Waals surface area (Å²) >= 11 is 0. The number of benzene rings is 2. The fourth-order valence-electron chi connectivity index (χ4n) is 5.62. The number of anilines is 4. The van der Waals surface area contributed by atoms with Crippen molar-refractivity contribution in [3.05, 3.63) is 102 Å². The van der Waals surface area contributed by atoms with Crippen LogP contribution in [0.4, 0.5) is 23.5 Å². The van der Waals surface area contributed by atoms with Crippen molar-refractivity contribution < 1.29 is 19.4 Å². The molecule has 2 aromatic carbocycles. The highest BCUT2D eigenvalue weighted by Gasteiger charge is 2.26. The van der Waals surface area contributed by atoms with Crippen molar-refractivity contribution in [1.29, 1.82) is 5.26 Å². The van der Waals surface area contributed by atoms with Crippen LogP contribution in [-0.2, 0) is 36.1 Å². The minimum atomic E-state index is -0.832. The van der Waals surface area contributed by atoms with E-state index in [1.165, 1.54) is 19.5 Å². The molecule has 17 heteroatoms. The van der Waals surface area contributed by atoms with Gasteiger partial charge in [0, 0.05) is 76.7 Å². The van der Waals surface area contributed by atoms with Gasteiger partial charge in [-0.15, -0.1) is 0 Å². The topological polar surface area (TPSA) is 212 Å². The third-order valence-electron chi connectivity index (χ3n) is 8.40. The first-order chi connectivity index (χ1) is 25.3. The number of aromatic nitrogens is 7. The Morgan fingerprint density at radius 3 is 2.40 bits per heavy atom. The minimum absolute atomic E-state index is 0.0477. The van der Waals surface area contributed by atoms with Crippen molar-refractivity contribution in [2.75, 3.05) is 49.2 Å². The van der Waals surface area contributed by atoms with Crippen LogP contribution in [0.25, 0.3) is 0 Å². The largest absolute Gasteiger partial charge is 0.492 e. The van der Waals surface area contributed by atoms with Crippen LogP contribution in [0.15, 0.2) is 73.3 Å². The van der Waals surface area contributed by atoms with E-state index in [9.17, 15) is 14.7 Å². The van der Waals surface area contributed by atoms with Crippen LogP contribution >= 0.6 is 0 Å². The number of imidazole rings is 1. The van der Waals surface area contributed by atoms with Gasteiger partial charge in [0.2, 0.25) is 23.7 Å². The smallest absolute Gasteiger partial charge is 0.328 e. The van der Waals surface area contributed by atoms with Crippen molar-refractivity contribution in [3.8, 4) is 11.9 Å². The first-order valence-corrected chi connectivity index (χ1v) is 16.4. The number of methoxy groups -OCH3 is 1. The lowest BCUT2D eigenvalue weighted by Crippen LogP contribution is -2.48. The minimum Gasteiger partial charge on any atom is -0.492 e. The Bertz CT molecular complexity index is 2060. The molecular weight excluding hydrogens is 666 g/mol. The summed E-state index contributed by atoms with van der Waals surface area (Å²) in [5, 5.41) is 28.7. The zero-order chi connectivity index (χ0) is 36.5. The van der Waals surface area contributed by atoms with Crippen molar-refractivity contribution in [3.63, 3.8) is 0 Å². The number of carbonyl (C=O) groups excluding carboxylic acids is 2. The van der Waals surface area contributed by atoms with Crippen molar-refractivity contribution in [2.24, 2.45) is 7.05 Å². The molecule has 5 aromatic rings. The van der Waals surface area contributed by atoms with Crippen LogP contribution in [0.3, 0.4) is 0 Å². The normalized spacial score (nSPS) is 13.5. The monoisotopic (exact) mass is 703 g/mol. The van der Waals surface area contributed by atoms with E-state index in [0.717, 1.165) is 22.6 Å². The zero-order valence-corrected chi connectivity index (χ0v) is 28.6. The summed E-state index contributed by atoms with van der Waals surface area (Å²) in [6.07, 6.45) is 6.52. The van der Waals surface area contributed by atoms with Gasteiger partial charge in [-0.25, -0.2) is 19.7 Å². The standard InChI is InChI=1S/C35H37N13O4/c1-46-13-12-37-28(46)21-40-33-43-34(45-35(44-33)42-27(32(51)52-2)19-23-6-8-24(20-36)9-7-23)41-26-5-3-4-25(18-26)22-47-14-16-48(17-15-47)31(50)29-30(49)39-11-10-38-29/h3-13,18,27H,14-17,19,21-22H2,1-2H3,(H,39,49)(H3,40,41,42,43,44,45)/t27-/m0/s1. The molecule has 0 bridgehead atoms.